The van der Waals surface area contributed by atoms with E-state index in [1.54, 1.807) is 7.05 Å². The van der Waals surface area contributed by atoms with Crippen LogP contribution in [-0.2, 0) is 0 Å². The molecular formula is C11H8BrNO3. The van der Waals surface area contributed by atoms with Gasteiger partial charge in [-0.1, -0.05) is 0 Å². The lowest BCUT2D eigenvalue weighted by Crippen LogP contribution is -2.26. The van der Waals surface area contributed by atoms with Crippen LogP contribution in [0.1, 0.15) is 20.7 Å². The van der Waals surface area contributed by atoms with Crippen LogP contribution >= 0.6 is 15.9 Å². The number of aromatic hydroxyl groups is 1. The summed E-state index contributed by atoms with van der Waals surface area (Å²) in [7, 11) is 1.58. The van der Waals surface area contributed by atoms with Gasteiger partial charge in [0.1, 0.15) is 11.4 Å². The van der Waals surface area contributed by atoms with Crippen LogP contribution < -0.4 is 5.32 Å². The molecule has 16 heavy (non-hydrogen) atoms. The highest BCUT2D eigenvalue weighted by atomic mass is 79.9. The van der Waals surface area contributed by atoms with Gasteiger partial charge in [-0.15, -0.1) is 0 Å². The molecular weight excluding hydrogens is 274 g/mol. The molecule has 5 heteroatoms. The molecule has 0 spiro atoms. The average molecular weight is 282 g/mol. The van der Waals surface area contributed by atoms with Gasteiger partial charge in [-0.05, 0) is 34.1 Å². The van der Waals surface area contributed by atoms with Crippen molar-refractivity contribution in [3.05, 3.63) is 39.5 Å². The standard InChI is InChI=1S/C11H8BrNO3/c1-13-9-8(12)10(15)7-4-5(14)2-3-6(7)11(9)16/h2-4,13-14H,1H3. The number of rotatable bonds is 1. The number of carbonyl (C=O) groups is 2. The van der Waals surface area contributed by atoms with E-state index >= 15 is 0 Å². The van der Waals surface area contributed by atoms with Crippen LogP contribution in [0.2, 0.25) is 0 Å². The summed E-state index contributed by atoms with van der Waals surface area (Å²) in [5.41, 5.74) is 0.759. The third kappa shape index (κ3) is 1.44. The van der Waals surface area contributed by atoms with Crippen molar-refractivity contribution in [2.24, 2.45) is 0 Å². The van der Waals surface area contributed by atoms with E-state index in [4.69, 9.17) is 0 Å². The molecule has 0 bridgehead atoms. The third-order valence-corrected chi connectivity index (χ3v) is 3.14. The Balaban J connectivity index is 2.69. The van der Waals surface area contributed by atoms with Crippen molar-refractivity contribution in [1.82, 2.24) is 5.32 Å². The van der Waals surface area contributed by atoms with Gasteiger partial charge in [-0.3, -0.25) is 9.59 Å². The lowest BCUT2D eigenvalue weighted by atomic mass is 9.92. The second-order valence-corrected chi connectivity index (χ2v) is 4.12. The summed E-state index contributed by atoms with van der Waals surface area (Å²) < 4.78 is 0.193. The van der Waals surface area contributed by atoms with E-state index in [1.165, 1.54) is 18.2 Å². The number of phenolic OH excluding ortho intramolecular Hbond substituents is 1. The maximum atomic E-state index is 11.9. The quantitative estimate of drug-likeness (QED) is 0.821. The van der Waals surface area contributed by atoms with E-state index in [-0.39, 0.29) is 33.1 Å². The average Bonchev–Trinajstić information content (AvgIpc) is 2.27. The van der Waals surface area contributed by atoms with Gasteiger partial charge in [-0.2, -0.15) is 0 Å². The van der Waals surface area contributed by atoms with E-state index in [2.05, 4.69) is 21.2 Å². The number of ketones is 2. The number of halogens is 1. The summed E-state index contributed by atoms with van der Waals surface area (Å²) in [4.78, 5) is 23.8. The number of hydrogen-bond acceptors (Lipinski definition) is 4. The molecule has 1 aliphatic rings. The van der Waals surface area contributed by atoms with Gasteiger partial charge in [0.2, 0.25) is 11.6 Å². The number of phenols is 1. The van der Waals surface area contributed by atoms with E-state index in [9.17, 15) is 14.7 Å². The number of fused-ring (bicyclic) bond motifs is 1. The van der Waals surface area contributed by atoms with Crippen LogP contribution in [-0.4, -0.2) is 23.7 Å². The first-order valence-corrected chi connectivity index (χ1v) is 5.35. The summed E-state index contributed by atoms with van der Waals surface area (Å²) in [5.74, 6) is -0.605. The van der Waals surface area contributed by atoms with Crippen molar-refractivity contribution < 1.29 is 14.7 Å². The Morgan fingerprint density at radius 1 is 1.19 bits per heavy atom. The SMILES string of the molecule is CNC1=C(Br)C(=O)c2cc(O)ccc2C1=O. The second-order valence-electron chi connectivity index (χ2n) is 3.33. The van der Waals surface area contributed by atoms with E-state index in [1.807, 2.05) is 0 Å². The minimum absolute atomic E-state index is 0.0342. The number of allylic oxidation sites excluding steroid dienone is 2. The Morgan fingerprint density at radius 3 is 2.50 bits per heavy atom. The molecule has 0 aliphatic heterocycles. The van der Waals surface area contributed by atoms with Crippen molar-refractivity contribution in [3.8, 4) is 5.75 Å². The van der Waals surface area contributed by atoms with Crippen molar-refractivity contribution >= 4 is 27.5 Å². The molecule has 4 nitrogen and oxygen atoms in total. The molecule has 1 aromatic carbocycles. The van der Waals surface area contributed by atoms with Gasteiger partial charge >= 0.3 is 0 Å². The largest absolute Gasteiger partial charge is 0.508 e. The molecule has 2 rings (SSSR count). The van der Waals surface area contributed by atoms with Gasteiger partial charge in [0, 0.05) is 18.2 Å². The summed E-state index contributed by atoms with van der Waals surface area (Å²) in [6.07, 6.45) is 0. The summed E-state index contributed by atoms with van der Waals surface area (Å²) in [6, 6.07) is 4.13. The summed E-state index contributed by atoms with van der Waals surface area (Å²) >= 11 is 3.08. The fourth-order valence-electron chi connectivity index (χ4n) is 1.61. The maximum absolute atomic E-state index is 11.9. The molecule has 0 radical (unpaired) electrons. The molecule has 0 unspecified atom stereocenters. The van der Waals surface area contributed by atoms with Crippen molar-refractivity contribution in [1.29, 1.82) is 0 Å². The normalized spacial score (nSPS) is 15.1. The molecule has 0 heterocycles. The Kier molecular flexibility index (Phi) is 2.55. The number of likely N-dealkylation sites (N-methyl/N-ethyl adjacent to an activating group) is 1. The van der Waals surface area contributed by atoms with Gasteiger partial charge in [0.05, 0.1) is 4.48 Å². The first-order chi connectivity index (χ1) is 7.56. The van der Waals surface area contributed by atoms with E-state index in [0.29, 0.717) is 5.56 Å². The first-order valence-electron chi connectivity index (χ1n) is 4.56. The van der Waals surface area contributed by atoms with Crippen LogP contribution in [0.5, 0.6) is 5.75 Å². The molecule has 0 atom stereocenters. The zero-order valence-corrected chi connectivity index (χ0v) is 9.96. The molecule has 0 aromatic heterocycles. The summed E-state index contributed by atoms with van der Waals surface area (Å²) in [6.45, 7) is 0. The monoisotopic (exact) mass is 281 g/mol. The van der Waals surface area contributed by atoms with E-state index in [0.717, 1.165) is 0 Å². The predicted molar refractivity (Wildman–Crippen MR) is 61.8 cm³/mol. The number of benzene rings is 1. The van der Waals surface area contributed by atoms with Gasteiger partial charge < -0.3 is 10.4 Å². The lowest BCUT2D eigenvalue weighted by molar-refractivity contribution is 0.0977. The number of nitrogens with one attached hydrogen (secondary N) is 1. The fourth-order valence-corrected chi connectivity index (χ4v) is 2.20. The van der Waals surface area contributed by atoms with Gasteiger partial charge in [0.25, 0.3) is 0 Å². The maximum Gasteiger partial charge on any atom is 0.210 e. The summed E-state index contributed by atoms with van der Waals surface area (Å²) in [5, 5.41) is 12.0. The minimum atomic E-state index is -0.310. The van der Waals surface area contributed by atoms with Crippen LogP contribution in [0, 0.1) is 0 Å². The molecule has 1 aliphatic carbocycles. The zero-order chi connectivity index (χ0) is 11.9. The first kappa shape index (κ1) is 10.9. The highest BCUT2D eigenvalue weighted by Crippen LogP contribution is 2.30. The van der Waals surface area contributed by atoms with Crippen molar-refractivity contribution in [2.45, 2.75) is 0 Å². The Morgan fingerprint density at radius 2 is 1.88 bits per heavy atom. The zero-order valence-electron chi connectivity index (χ0n) is 8.37. The topological polar surface area (TPSA) is 66.4 Å². The Hall–Kier alpha value is -1.62. The highest BCUT2D eigenvalue weighted by Gasteiger charge is 2.30. The smallest absolute Gasteiger partial charge is 0.210 e. The number of Topliss-reactive ketones (excluding diaryl/α,β-unsaturated/α-hetero) is 2. The van der Waals surface area contributed by atoms with Crippen molar-refractivity contribution in [3.63, 3.8) is 0 Å². The molecule has 0 fully saturated rings. The highest BCUT2D eigenvalue weighted by molar-refractivity contribution is 9.12. The lowest BCUT2D eigenvalue weighted by Gasteiger charge is -2.17. The van der Waals surface area contributed by atoms with Crippen LogP contribution in [0.25, 0.3) is 0 Å². The number of hydrogen-bond donors (Lipinski definition) is 2. The van der Waals surface area contributed by atoms with Crippen LogP contribution in [0.4, 0.5) is 0 Å². The second kappa shape index (κ2) is 3.75. The van der Waals surface area contributed by atoms with Gasteiger partial charge in [-0.25, -0.2) is 0 Å². The predicted octanol–water partition coefficient (Wildman–Crippen LogP) is 1.60. The Bertz CT molecular complexity index is 534. The van der Waals surface area contributed by atoms with Crippen molar-refractivity contribution in [2.75, 3.05) is 7.05 Å². The van der Waals surface area contributed by atoms with Gasteiger partial charge in [0.15, 0.2) is 0 Å². The molecule has 0 amide bonds. The molecule has 1 aromatic rings. The molecule has 2 N–H and O–H groups in total. The van der Waals surface area contributed by atoms with E-state index < -0.39 is 0 Å². The fraction of sp³-hybridized carbons (Fsp3) is 0.0909. The Labute approximate surface area is 100 Å². The molecule has 0 saturated carbocycles. The number of carbonyl (C=O) groups excluding carboxylic acids is 2. The third-order valence-electron chi connectivity index (χ3n) is 2.39. The molecule has 82 valence electrons. The van der Waals surface area contributed by atoms with Crippen LogP contribution in [0.3, 0.4) is 0 Å². The minimum Gasteiger partial charge on any atom is -0.508 e. The molecule has 0 saturated heterocycles. The van der Waals surface area contributed by atoms with Crippen LogP contribution in [0.15, 0.2) is 28.4 Å².